The van der Waals surface area contributed by atoms with Crippen LogP contribution in [-0.2, 0) is 15.6 Å². The van der Waals surface area contributed by atoms with Crippen LogP contribution in [0.25, 0.3) is 0 Å². The lowest BCUT2D eigenvalue weighted by molar-refractivity contribution is -0.111. The molecule has 1 atom stereocenters. The van der Waals surface area contributed by atoms with Crippen LogP contribution in [0.3, 0.4) is 0 Å². The second-order valence-corrected chi connectivity index (χ2v) is 5.34. The number of carbonyl (C=O) groups excluding carboxylic acids is 1. The fourth-order valence-electron chi connectivity index (χ4n) is 1.92. The minimum Gasteiger partial charge on any atom is -0.283 e. The van der Waals surface area contributed by atoms with Crippen molar-refractivity contribution < 1.29 is 9.00 Å². The minimum absolute atomic E-state index is 0.257. The van der Waals surface area contributed by atoms with Gasteiger partial charge in [0, 0.05) is 6.26 Å². The van der Waals surface area contributed by atoms with Gasteiger partial charge in [0.15, 0.2) is 0 Å². The molecule has 0 aliphatic carbocycles. The highest BCUT2D eigenvalue weighted by molar-refractivity contribution is 7.99. The number of hydrogen-bond acceptors (Lipinski definition) is 2. The van der Waals surface area contributed by atoms with Crippen molar-refractivity contribution in [1.29, 1.82) is 0 Å². The SMILES string of the molecule is CS(=O)C(=O)C(c1ccccc1)c1ccccc1. The molecule has 0 aliphatic heterocycles. The van der Waals surface area contributed by atoms with Gasteiger partial charge in [-0.15, -0.1) is 0 Å². The lowest BCUT2D eigenvalue weighted by atomic mass is 9.92. The highest BCUT2D eigenvalue weighted by Gasteiger charge is 2.24. The summed E-state index contributed by atoms with van der Waals surface area (Å²) in [5.74, 6) is -0.446. The fourth-order valence-corrected chi connectivity index (χ4v) is 2.53. The van der Waals surface area contributed by atoms with Crippen LogP contribution in [0.1, 0.15) is 17.0 Å². The molecule has 0 aliphatic rings. The lowest BCUT2D eigenvalue weighted by Crippen LogP contribution is -2.18. The highest BCUT2D eigenvalue weighted by Crippen LogP contribution is 2.26. The zero-order valence-corrected chi connectivity index (χ0v) is 10.9. The molecule has 0 N–H and O–H groups in total. The van der Waals surface area contributed by atoms with E-state index in [1.807, 2.05) is 60.7 Å². The van der Waals surface area contributed by atoms with Crippen LogP contribution in [-0.4, -0.2) is 15.6 Å². The molecule has 0 bridgehead atoms. The predicted octanol–water partition coefficient (Wildman–Crippen LogP) is 2.72. The van der Waals surface area contributed by atoms with Gasteiger partial charge in [-0.25, -0.2) is 0 Å². The summed E-state index contributed by atoms with van der Waals surface area (Å²) in [6.45, 7) is 0. The molecular formula is C15H14O2S. The first kappa shape index (κ1) is 12.7. The van der Waals surface area contributed by atoms with Crippen LogP contribution < -0.4 is 0 Å². The van der Waals surface area contributed by atoms with E-state index < -0.39 is 16.7 Å². The van der Waals surface area contributed by atoms with E-state index in [0.717, 1.165) is 11.1 Å². The van der Waals surface area contributed by atoms with Crippen molar-refractivity contribution in [2.75, 3.05) is 6.26 Å². The Morgan fingerprint density at radius 2 is 1.28 bits per heavy atom. The molecule has 2 aromatic rings. The van der Waals surface area contributed by atoms with Gasteiger partial charge in [-0.2, -0.15) is 0 Å². The monoisotopic (exact) mass is 258 g/mol. The van der Waals surface area contributed by atoms with Gasteiger partial charge in [-0.05, 0) is 11.1 Å². The molecule has 2 nitrogen and oxygen atoms in total. The summed E-state index contributed by atoms with van der Waals surface area (Å²) in [6.07, 6.45) is 1.43. The van der Waals surface area contributed by atoms with Crippen LogP contribution in [0.15, 0.2) is 60.7 Å². The molecule has 2 rings (SSSR count). The number of hydrogen-bond donors (Lipinski definition) is 0. The van der Waals surface area contributed by atoms with Gasteiger partial charge in [0.2, 0.25) is 5.12 Å². The van der Waals surface area contributed by atoms with Crippen LogP contribution in [0, 0.1) is 0 Å². The first-order chi connectivity index (χ1) is 8.70. The third-order valence-electron chi connectivity index (χ3n) is 2.78. The molecule has 0 aromatic heterocycles. The molecule has 1 unspecified atom stereocenters. The zero-order chi connectivity index (χ0) is 13.0. The van der Waals surface area contributed by atoms with Crippen LogP contribution in [0.4, 0.5) is 0 Å². The Hall–Kier alpha value is -1.74. The van der Waals surface area contributed by atoms with E-state index >= 15 is 0 Å². The van der Waals surface area contributed by atoms with E-state index in [1.54, 1.807) is 0 Å². The number of benzene rings is 2. The Labute approximate surface area is 109 Å². The minimum atomic E-state index is -1.48. The molecule has 3 heteroatoms. The topological polar surface area (TPSA) is 34.1 Å². The molecule has 18 heavy (non-hydrogen) atoms. The van der Waals surface area contributed by atoms with E-state index in [1.165, 1.54) is 6.26 Å². The largest absolute Gasteiger partial charge is 0.283 e. The summed E-state index contributed by atoms with van der Waals surface area (Å²) in [4.78, 5) is 12.1. The van der Waals surface area contributed by atoms with Gasteiger partial charge in [-0.1, -0.05) is 60.7 Å². The van der Waals surface area contributed by atoms with E-state index in [0.29, 0.717) is 0 Å². The Morgan fingerprint density at radius 3 is 1.61 bits per heavy atom. The average Bonchev–Trinajstić information content (AvgIpc) is 2.41. The summed E-state index contributed by atoms with van der Waals surface area (Å²) < 4.78 is 11.5. The van der Waals surface area contributed by atoms with Gasteiger partial charge in [-0.3, -0.25) is 9.00 Å². The maximum Gasteiger partial charge on any atom is 0.230 e. The first-order valence-electron chi connectivity index (χ1n) is 5.67. The van der Waals surface area contributed by atoms with E-state index in [2.05, 4.69) is 0 Å². The van der Waals surface area contributed by atoms with Gasteiger partial charge in [0.05, 0.1) is 16.7 Å². The third-order valence-corrected chi connectivity index (χ3v) is 3.59. The van der Waals surface area contributed by atoms with Gasteiger partial charge in [0.1, 0.15) is 0 Å². The van der Waals surface area contributed by atoms with Gasteiger partial charge >= 0.3 is 0 Å². The van der Waals surface area contributed by atoms with Crippen LogP contribution in [0.5, 0.6) is 0 Å². The van der Waals surface area contributed by atoms with Gasteiger partial charge < -0.3 is 0 Å². The summed E-state index contributed by atoms with van der Waals surface area (Å²) in [7, 11) is -1.48. The molecule has 0 saturated heterocycles. The van der Waals surface area contributed by atoms with Crippen molar-refractivity contribution in [3.8, 4) is 0 Å². The lowest BCUT2D eigenvalue weighted by Gasteiger charge is -2.15. The zero-order valence-electron chi connectivity index (χ0n) is 10.1. The number of carbonyl (C=O) groups is 1. The van der Waals surface area contributed by atoms with Gasteiger partial charge in [0.25, 0.3) is 0 Å². The quantitative estimate of drug-likeness (QED) is 0.848. The maximum atomic E-state index is 12.1. The van der Waals surface area contributed by atoms with E-state index in [4.69, 9.17) is 0 Å². The van der Waals surface area contributed by atoms with Crippen LogP contribution >= 0.6 is 0 Å². The Kier molecular flexibility index (Phi) is 4.05. The highest BCUT2D eigenvalue weighted by atomic mass is 32.2. The normalized spacial score (nSPS) is 12.3. The van der Waals surface area contributed by atoms with Crippen LogP contribution in [0.2, 0.25) is 0 Å². The molecule has 0 heterocycles. The molecule has 0 radical (unpaired) electrons. The fraction of sp³-hybridized carbons (Fsp3) is 0.133. The van der Waals surface area contributed by atoms with Crippen molar-refractivity contribution >= 4 is 15.9 Å². The molecule has 0 spiro atoms. The Morgan fingerprint density at radius 1 is 0.889 bits per heavy atom. The third kappa shape index (κ3) is 2.74. The summed E-state index contributed by atoms with van der Waals surface area (Å²) in [5.41, 5.74) is 1.76. The second kappa shape index (κ2) is 5.74. The van der Waals surface area contributed by atoms with E-state index in [-0.39, 0.29) is 5.12 Å². The Balaban J connectivity index is 2.48. The van der Waals surface area contributed by atoms with Crippen molar-refractivity contribution in [1.82, 2.24) is 0 Å². The summed E-state index contributed by atoms with van der Waals surface area (Å²) in [6, 6.07) is 18.9. The molecule has 0 fully saturated rings. The summed E-state index contributed by atoms with van der Waals surface area (Å²) >= 11 is 0. The van der Waals surface area contributed by atoms with E-state index in [9.17, 15) is 9.00 Å². The first-order valence-corrected chi connectivity index (χ1v) is 7.23. The van der Waals surface area contributed by atoms with Crippen molar-refractivity contribution in [3.63, 3.8) is 0 Å². The molecular weight excluding hydrogens is 244 g/mol. The number of rotatable bonds is 3. The standard InChI is InChI=1S/C15H14O2S/c1-18(17)15(16)14(12-8-4-2-5-9-12)13-10-6-3-7-11-13/h2-11,14H,1H3. The van der Waals surface area contributed by atoms with Crippen molar-refractivity contribution in [3.05, 3.63) is 71.8 Å². The predicted molar refractivity (Wildman–Crippen MR) is 73.8 cm³/mol. The Bertz CT molecular complexity index is 510. The van der Waals surface area contributed by atoms with Crippen molar-refractivity contribution in [2.45, 2.75) is 5.92 Å². The summed E-state index contributed by atoms with van der Waals surface area (Å²) in [5, 5.41) is -0.257. The van der Waals surface area contributed by atoms with Crippen molar-refractivity contribution in [2.24, 2.45) is 0 Å². The molecule has 2 aromatic carbocycles. The molecule has 92 valence electrons. The maximum absolute atomic E-state index is 12.1. The second-order valence-electron chi connectivity index (χ2n) is 4.03. The smallest absolute Gasteiger partial charge is 0.230 e. The average molecular weight is 258 g/mol. The molecule has 0 amide bonds. The molecule has 0 saturated carbocycles.